The molecule has 2 heterocycles. The van der Waals surface area contributed by atoms with E-state index in [0.29, 0.717) is 37.6 Å². The molecule has 9 heteroatoms. The van der Waals surface area contributed by atoms with Crippen molar-refractivity contribution >= 4 is 34.2 Å². The fourth-order valence-electron chi connectivity index (χ4n) is 7.08. The number of aliphatic hydroxyl groups is 1. The SMILES string of the molecule is C=CCN(C)C(=O)[C@@H](C)[C@H]1CC[C@]2(C)Cc3sc(NC(=O)C4CCN(C(C)=O)CC4)nc3[C@@H](C)[C@@H]2[C@H]1O. The van der Waals surface area contributed by atoms with E-state index in [0.717, 1.165) is 25.0 Å². The van der Waals surface area contributed by atoms with E-state index >= 15 is 0 Å². The number of likely N-dealkylation sites (tertiary alicyclic amines) is 1. The van der Waals surface area contributed by atoms with E-state index in [-0.39, 0.29) is 52.7 Å². The van der Waals surface area contributed by atoms with Crippen LogP contribution in [0.2, 0.25) is 0 Å². The van der Waals surface area contributed by atoms with E-state index in [9.17, 15) is 19.5 Å². The van der Waals surface area contributed by atoms with Gasteiger partial charge in [-0.1, -0.05) is 26.8 Å². The highest BCUT2D eigenvalue weighted by Crippen LogP contribution is 2.57. The number of piperidine rings is 1. The lowest BCUT2D eigenvalue weighted by molar-refractivity contribution is -0.143. The molecule has 37 heavy (non-hydrogen) atoms. The number of rotatable bonds is 6. The molecule has 6 atom stereocenters. The predicted molar refractivity (Wildman–Crippen MR) is 145 cm³/mol. The van der Waals surface area contributed by atoms with Crippen LogP contribution in [0.15, 0.2) is 12.7 Å². The standard InChI is InChI=1S/C28H42N4O4S/c1-7-12-31(6)26(36)16(2)20-8-11-28(5)15-21-23(17(3)22(28)24(20)34)29-27(37-21)30-25(35)19-9-13-32(14-10-19)18(4)33/h7,16-17,19-20,22,24,34H,1,8-15H2,2-6H3,(H,29,30,35)/t16-,17-,20+,22+,24-,28+/m0/s1. The maximum atomic E-state index is 13.0. The van der Waals surface area contributed by atoms with Crippen LogP contribution < -0.4 is 5.32 Å². The first-order valence-corrected chi connectivity index (χ1v) is 14.4. The van der Waals surface area contributed by atoms with Crippen molar-refractivity contribution in [2.75, 3.05) is 32.0 Å². The molecule has 2 fully saturated rings. The van der Waals surface area contributed by atoms with Gasteiger partial charge in [-0.05, 0) is 49.4 Å². The number of aromatic nitrogens is 1. The van der Waals surface area contributed by atoms with E-state index in [4.69, 9.17) is 4.98 Å². The number of amides is 3. The summed E-state index contributed by atoms with van der Waals surface area (Å²) in [5.74, 6) is -0.373. The van der Waals surface area contributed by atoms with Crippen molar-refractivity contribution in [3.05, 3.63) is 23.2 Å². The molecule has 1 aromatic rings. The highest BCUT2D eigenvalue weighted by Gasteiger charge is 2.54. The van der Waals surface area contributed by atoms with Crippen LogP contribution in [0.5, 0.6) is 0 Å². The molecule has 1 saturated heterocycles. The summed E-state index contributed by atoms with van der Waals surface area (Å²) in [5, 5.41) is 15.3. The highest BCUT2D eigenvalue weighted by atomic mass is 32.1. The van der Waals surface area contributed by atoms with Crippen LogP contribution >= 0.6 is 11.3 Å². The Hall–Kier alpha value is -2.26. The molecule has 204 valence electrons. The van der Waals surface area contributed by atoms with Crippen molar-refractivity contribution in [3.63, 3.8) is 0 Å². The second kappa shape index (κ2) is 10.8. The Morgan fingerprint density at radius 3 is 2.62 bits per heavy atom. The Balaban J connectivity index is 1.47. The van der Waals surface area contributed by atoms with E-state index in [1.807, 2.05) is 6.92 Å². The summed E-state index contributed by atoms with van der Waals surface area (Å²) in [6.07, 6.45) is 5.04. The van der Waals surface area contributed by atoms with Gasteiger partial charge in [0.05, 0.1) is 11.8 Å². The number of hydrogen-bond donors (Lipinski definition) is 2. The summed E-state index contributed by atoms with van der Waals surface area (Å²) < 4.78 is 0. The molecular formula is C28H42N4O4S. The van der Waals surface area contributed by atoms with Gasteiger partial charge in [-0.2, -0.15) is 0 Å². The van der Waals surface area contributed by atoms with E-state index < -0.39 is 6.10 Å². The summed E-state index contributed by atoms with van der Waals surface area (Å²) in [5.41, 5.74) is 0.891. The fourth-order valence-corrected chi connectivity index (χ4v) is 8.35. The quantitative estimate of drug-likeness (QED) is 0.547. The van der Waals surface area contributed by atoms with Gasteiger partial charge in [0, 0.05) is 56.2 Å². The van der Waals surface area contributed by atoms with Crippen molar-refractivity contribution in [1.82, 2.24) is 14.8 Å². The Bertz CT molecular complexity index is 1050. The molecule has 1 aliphatic heterocycles. The van der Waals surface area contributed by atoms with Crippen LogP contribution in [-0.4, -0.2) is 70.4 Å². The average Bonchev–Trinajstić information content (AvgIpc) is 3.25. The van der Waals surface area contributed by atoms with Crippen LogP contribution in [-0.2, 0) is 20.8 Å². The van der Waals surface area contributed by atoms with Crippen LogP contribution in [0.1, 0.15) is 69.9 Å². The summed E-state index contributed by atoms with van der Waals surface area (Å²) in [7, 11) is 1.78. The van der Waals surface area contributed by atoms with Gasteiger partial charge in [0.25, 0.3) is 0 Å². The van der Waals surface area contributed by atoms with E-state index in [1.165, 1.54) is 4.88 Å². The molecule has 2 aliphatic carbocycles. The number of likely N-dealkylation sites (N-methyl/N-ethyl adjacent to an activating group) is 1. The van der Waals surface area contributed by atoms with E-state index in [2.05, 4.69) is 25.7 Å². The van der Waals surface area contributed by atoms with Gasteiger partial charge in [-0.3, -0.25) is 14.4 Å². The molecule has 0 bridgehead atoms. The van der Waals surface area contributed by atoms with Gasteiger partial charge in [0.2, 0.25) is 17.7 Å². The van der Waals surface area contributed by atoms with Gasteiger partial charge < -0.3 is 20.2 Å². The number of hydrogen-bond acceptors (Lipinski definition) is 6. The lowest BCUT2D eigenvalue weighted by Crippen LogP contribution is -2.53. The second-order valence-corrected chi connectivity index (χ2v) is 12.8. The van der Waals surface area contributed by atoms with Gasteiger partial charge in [-0.15, -0.1) is 17.9 Å². The fraction of sp³-hybridized carbons (Fsp3) is 0.714. The highest BCUT2D eigenvalue weighted by molar-refractivity contribution is 7.15. The molecule has 3 aliphatic rings. The van der Waals surface area contributed by atoms with Gasteiger partial charge in [-0.25, -0.2) is 4.98 Å². The van der Waals surface area contributed by atoms with Gasteiger partial charge in [0.15, 0.2) is 5.13 Å². The van der Waals surface area contributed by atoms with Crippen molar-refractivity contribution in [1.29, 1.82) is 0 Å². The summed E-state index contributed by atoms with van der Waals surface area (Å²) in [6, 6.07) is 0. The normalized spacial score (nSPS) is 30.6. The van der Waals surface area contributed by atoms with Crippen molar-refractivity contribution in [3.8, 4) is 0 Å². The van der Waals surface area contributed by atoms with Crippen LogP contribution in [0.25, 0.3) is 0 Å². The minimum absolute atomic E-state index is 0.000250. The van der Waals surface area contributed by atoms with Crippen LogP contribution in [0, 0.1) is 29.1 Å². The third-order valence-corrected chi connectivity index (χ3v) is 10.3. The van der Waals surface area contributed by atoms with Crippen molar-refractivity contribution < 1.29 is 19.5 Å². The molecule has 3 amide bonds. The predicted octanol–water partition coefficient (Wildman–Crippen LogP) is 3.67. The smallest absolute Gasteiger partial charge is 0.229 e. The maximum Gasteiger partial charge on any atom is 0.229 e. The number of carbonyl (C=O) groups excluding carboxylic acids is 3. The Kier molecular flexibility index (Phi) is 8.14. The zero-order valence-corrected chi connectivity index (χ0v) is 23.6. The molecule has 2 N–H and O–H groups in total. The Labute approximate surface area is 224 Å². The first-order chi connectivity index (χ1) is 17.5. The van der Waals surface area contributed by atoms with Gasteiger partial charge >= 0.3 is 0 Å². The molecule has 1 saturated carbocycles. The maximum absolute atomic E-state index is 13.0. The number of aliphatic hydroxyl groups excluding tert-OH is 1. The van der Waals surface area contributed by atoms with Gasteiger partial charge in [0.1, 0.15) is 0 Å². The third kappa shape index (κ3) is 5.35. The zero-order chi connectivity index (χ0) is 27.1. The topological polar surface area (TPSA) is 103 Å². The second-order valence-electron chi connectivity index (χ2n) is 11.7. The monoisotopic (exact) mass is 530 g/mol. The van der Waals surface area contributed by atoms with E-state index in [1.54, 1.807) is 41.2 Å². The minimum Gasteiger partial charge on any atom is -0.392 e. The average molecular weight is 531 g/mol. The molecule has 0 aromatic carbocycles. The lowest BCUT2D eigenvalue weighted by Gasteiger charge is -2.53. The number of thiazole rings is 1. The number of anilines is 1. The van der Waals surface area contributed by atoms with Crippen LogP contribution in [0.3, 0.4) is 0 Å². The lowest BCUT2D eigenvalue weighted by atomic mass is 9.53. The molecule has 0 radical (unpaired) electrons. The van der Waals surface area contributed by atoms with Crippen molar-refractivity contribution in [2.24, 2.45) is 29.1 Å². The minimum atomic E-state index is -0.593. The molecule has 0 unspecified atom stereocenters. The molecule has 0 spiro atoms. The Morgan fingerprint density at radius 2 is 2.00 bits per heavy atom. The first-order valence-electron chi connectivity index (χ1n) is 13.6. The zero-order valence-electron chi connectivity index (χ0n) is 22.8. The number of nitrogens with zero attached hydrogens (tertiary/aromatic N) is 3. The Morgan fingerprint density at radius 1 is 1.32 bits per heavy atom. The third-order valence-electron chi connectivity index (χ3n) is 9.27. The summed E-state index contributed by atoms with van der Waals surface area (Å²) >= 11 is 1.55. The number of fused-ring (bicyclic) bond motifs is 2. The first kappa shape index (κ1) is 27.8. The molecule has 4 rings (SSSR count). The van der Waals surface area contributed by atoms with Crippen molar-refractivity contribution in [2.45, 2.75) is 71.8 Å². The molecular weight excluding hydrogens is 488 g/mol. The van der Waals surface area contributed by atoms with Crippen LogP contribution in [0.4, 0.5) is 5.13 Å². The largest absolute Gasteiger partial charge is 0.392 e. The number of nitrogens with one attached hydrogen (secondary N) is 1. The summed E-state index contributed by atoms with van der Waals surface area (Å²) in [6.45, 7) is 13.3. The summed E-state index contributed by atoms with van der Waals surface area (Å²) in [4.78, 5) is 47.0. The molecule has 8 nitrogen and oxygen atoms in total. The molecule has 1 aromatic heterocycles. The number of carbonyl (C=O) groups is 3.